The highest BCUT2D eigenvalue weighted by atomic mass is 16.1. The molecule has 1 amide bonds. The van der Waals surface area contributed by atoms with Crippen LogP contribution in [0.1, 0.15) is 34.9 Å². The summed E-state index contributed by atoms with van der Waals surface area (Å²) < 4.78 is 1.86. The first-order valence-corrected chi connectivity index (χ1v) is 9.25. The van der Waals surface area contributed by atoms with Crippen molar-refractivity contribution >= 4 is 22.5 Å². The lowest BCUT2D eigenvalue weighted by Gasteiger charge is -2.10. The first-order valence-electron chi connectivity index (χ1n) is 9.25. The second-order valence-electron chi connectivity index (χ2n) is 7.04. The van der Waals surface area contributed by atoms with Gasteiger partial charge in [0.1, 0.15) is 0 Å². The van der Waals surface area contributed by atoms with Crippen molar-refractivity contribution < 1.29 is 4.79 Å². The number of aryl methyl sites for hydroxylation is 1. The highest BCUT2D eigenvalue weighted by Gasteiger charge is 2.28. The van der Waals surface area contributed by atoms with E-state index in [-0.39, 0.29) is 5.91 Å². The van der Waals surface area contributed by atoms with Crippen LogP contribution in [0.4, 0.5) is 5.69 Å². The van der Waals surface area contributed by atoms with Crippen LogP contribution in [-0.2, 0) is 0 Å². The number of carbonyl (C=O) groups excluding carboxylic acids is 1. The Morgan fingerprint density at radius 2 is 1.96 bits per heavy atom. The minimum Gasteiger partial charge on any atom is -0.322 e. The van der Waals surface area contributed by atoms with E-state index in [0.29, 0.717) is 17.3 Å². The molecule has 1 aliphatic rings. The maximum Gasteiger partial charge on any atom is 0.256 e. The summed E-state index contributed by atoms with van der Waals surface area (Å²) in [5.41, 5.74) is 3.80. The number of nitrogens with zero attached hydrogens (tertiary/aromatic N) is 5. The number of rotatable bonds is 4. The number of benzene rings is 2. The first kappa shape index (κ1) is 16.6. The molecule has 0 spiro atoms. The molecule has 7 heteroatoms. The number of pyridine rings is 1. The van der Waals surface area contributed by atoms with Gasteiger partial charge in [0, 0.05) is 22.3 Å². The van der Waals surface area contributed by atoms with E-state index >= 15 is 0 Å². The molecule has 0 aliphatic heterocycles. The minimum absolute atomic E-state index is 0.166. The Balaban J connectivity index is 1.47. The number of aromatic nitrogens is 5. The second kappa shape index (κ2) is 6.53. The molecule has 28 heavy (non-hydrogen) atoms. The van der Waals surface area contributed by atoms with Crippen LogP contribution in [0.5, 0.6) is 0 Å². The Kier molecular flexibility index (Phi) is 3.86. The topological polar surface area (TPSA) is 85.6 Å². The lowest BCUT2D eigenvalue weighted by Crippen LogP contribution is -2.13. The summed E-state index contributed by atoms with van der Waals surface area (Å²) in [7, 11) is 0. The van der Waals surface area contributed by atoms with Crippen LogP contribution in [-0.4, -0.2) is 31.1 Å². The van der Waals surface area contributed by atoms with E-state index in [1.165, 1.54) is 0 Å². The van der Waals surface area contributed by atoms with Crippen molar-refractivity contribution in [1.82, 2.24) is 25.2 Å². The number of hydrogen-bond acceptors (Lipinski definition) is 5. The van der Waals surface area contributed by atoms with Gasteiger partial charge in [-0.1, -0.05) is 30.3 Å². The third-order valence-electron chi connectivity index (χ3n) is 4.85. The molecule has 7 nitrogen and oxygen atoms in total. The third kappa shape index (κ3) is 3.00. The smallest absolute Gasteiger partial charge is 0.256 e. The van der Waals surface area contributed by atoms with Gasteiger partial charge in [0.05, 0.1) is 17.1 Å². The fourth-order valence-corrected chi connectivity index (χ4v) is 3.38. The van der Waals surface area contributed by atoms with Crippen LogP contribution in [0.15, 0.2) is 54.6 Å². The molecule has 2 heterocycles. The predicted octanol–water partition coefficient (Wildman–Crippen LogP) is 3.78. The van der Waals surface area contributed by atoms with Crippen molar-refractivity contribution in [3.8, 4) is 11.4 Å². The zero-order chi connectivity index (χ0) is 19.1. The molecular weight excluding hydrogens is 352 g/mol. The minimum atomic E-state index is -0.166. The Labute approximate surface area is 161 Å². The van der Waals surface area contributed by atoms with Crippen molar-refractivity contribution in [2.24, 2.45) is 0 Å². The molecule has 2 aromatic heterocycles. The summed E-state index contributed by atoms with van der Waals surface area (Å²) in [4.78, 5) is 17.5. The molecule has 1 saturated carbocycles. The van der Waals surface area contributed by atoms with E-state index in [4.69, 9.17) is 0 Å². The van der Waals surface area contributed by atoms with Crippen LogP contribution in [0.25, 0.3) is 22.3 Å². The SMILES string of the molecule is Cc1cc(C(=O)Nc2cccc(-c3nnnn3C3CC3)c2)c2ccccc2n1. The molecule has 0 bridgehead atoms. The Bertz CT molecular complexity index is 1190. The first-order chi connectivity index (χ1) is 13.7. The van der Waals surface area contributed by atoms with Crippen molar-refractivity contribution in [2.75, 3.05) is 5.32 Å². The largest absolute Gasteiger partial charge is 0.322 e. The summed E-state index contributed by atoms with van der Waals surface area (Å²) in [6.45, 7) is 1.89. The van der Waals surface area contributed by atoms with Gasteiger partial charge in [-0.05, 0) is 54.5 Å². The Hall–Kier alpha value is -3.61. The molecule has 4 aromatic rings. The Morgan fingerprint density at radius 1 is 1.11 bits per heavy atom. The number of amides is 1. The molecule has 2 aromatic carbocycles. The van der Waals surface area contributed by atoms with Crippen LogP contribution in [0.3, 0.4) is 0 Å². The molecular formula is C21H18N6O. The van der Waals surface area contributed by atoms with Crippen molar-refractivity contribution in [2.45, 2.75) is 25.8 Å². The summed E-state index contributed by atoms with van der Waals surface area (Å²) in [5.74, 6) is 0.560. The van der Waals surface area contributed by atoms with Crippen molar-refractivity contribution in [1.29, 1.82) is 0 Å². The third-order valence-corrected chi connectivity index (χ3v) is 4.85. The molecule has 5 rings (SSSR count). The van der Waals surface area contributed by atoms with Crippen molar-refractivity contribution in [3.05, 3.63) is 65.9 Å². The molecule has 0 radical (unpaired) electrons. The maximum atomic E-state index is 13.0. The summed E-state index contributed by atoms with van der Waals surface area (Å²) in [6.07, 6.45) is 2.20. The summed E-state index contributed by atoms with van der Waals surface area (Å²) >= 11 is 0. The summed E-state index contributed by atoms with van der Waals surface area (Å²) in [6, 6.07) is 17.5. The number of para-hydroxylation sites is 1. The van der Waals surface area contributed by atoms with Crippen LogP contribution in [0.2, 0.25) is 0 Å². The van der Waals surface area contributed by atoms with E-state index in [9.17, 15) is 4.79 Å². The Morgan fingerprint density at radius 3 is 2.82 bits per heavy atom. The number of anilines is 1. The van der Waals surface area contributed by atoms with Gasteiger partial charge in [-0.3, -0.25) is 9.78 Å². The highest BCUT2D eigenvalue weighted by Crippen LogP contribution is 2.36. The predicted molar refractivity (Wildman–Crippen MR) is 106 cm³/mol. The van der Waals surface area contributed by atoms with Gasteiger partial charge >= 0.3 is 0 Å². The fraction of sp³-hybridized carbons (Fsp3) is 0.190. The van der Waals surface area contributed by atoms with Crippen LogP contribution >= 0.6 is 0 Å². The van der Waals surface area contributed by atoms with Crippen LogP contribution in [0, 0.1) is 6.92 Å². The molecule has 1 fully saturated rings. The second-order valence-corrected chi connectivity index (χ2v) is 7.04. The van der Waals surface area contributed by atoms with Crippen LogP contribution < -0.4 is 5.32 Å². The number of nitrogens with one attached hydrogen (secondary N) is 1. The van der Waals surface area contributed by atoms with Gasteiger partial charge in [0.2, 0.25) is 0 Å². The van der Waals surface area contributed by atoms with E-state index in [1.807, 2.05) is 66.2 Å². The van der Waals surface area contributed by atoms with E-state index in [2.05, 4.69) is 25.8 Å². The number of hydrogen-bond donors (Lipinski definition) is 1. The van der Waals surface area contributed by atoms with Gasteiger partial charge in [-0.25, -0.2) is 4.68 Å². The number of tetrazole rings is 1. The zero-order valence-electron chi connectivity index (χ0n) is 15.3. The van der Waals surface area contributed by atoms with E-state index in [0.717, 1.165) is 40.8 Å². The van der Waals surface area contributed by atoms with E-state index in [1.54, 1.807) is 0 Å². The zero-order valence-corrected chi connectivity index (χ0v) is 15.3. The summed E-state index contributed by atoms with van der Waals surface area (Å²) in [5, 5.41) is 15.9. The van der Waals surface area contributed by atoms with Gasteiger partial charge < -0.3 is 5.32 Å². The quantitative estimate of drug-likeness (QED) is 0.591. The fourth-order valence-electron chi connectivity index (χ4n) is 3.38. The van der Waals surface area contributed by atoms with Gasteiger partial charge in [0.25, 0.3) is 5.91 Å². The molecule has 138 valence electrons. The highest BCUT2D eigenvalue weighted by molar-refractivity contribution is 6.12. The molecule has 0 atom stereocenters. The molecule has 0 unspecified atom stereocenters. The van der Waals surface area contributed by atoms with Gasteiger partial charge in [0.15, 0.2) is 5.82 Å². The average molecular weight is 370 g/mol. The molecule has 1 aliphatic carbocycles. The average Bonchev–Trinajstić information content (AvgIpc) is 3.43. The lowest BCUT2D eigenvalue weighted by atomic mass is 10.1. The van der Waals surface area contributed by atoms with Gasteiger partial charge in [-0.2, -0.15) is 0 Å². The number of fused-ring (bicyclic) bond motifs is 1. The number of carbonyl (C=O) groups is 1. The maximum absolute atomic E-state index is 13.0. The monoisotopic (exact) mass is 370 g/mol. The standard InChI is InChI=1S/C21H18N6O/c1-13-11-18(17-7-2-3-8-19(17)22-13)21(28)23-15-6-4-5-14(12-15)20-24-25-26-27(20)16-9-10-16/h2-8,11-12,16H,9-10H2,1H3,(H,23,28). The molecule has 0 saturated heterocycles. The lowest BCUT2D eigenvalue weighted by molar-refractivity contribution is 0.102. The van der Waals surface area contributed by atoms with E-state index < -0.39 is 0 Å². The van der Waals surface area contributed by atoms with Gasteiger partial charge in [-0.15, -0.1) is 5.10 Å². The van der Waals surface area contributed by atoms with Crippen molar-refractivity contribution in [3.63, 3.8) is 0 Å². The molecule has 1 N–H and O–H groups in total. The normalized spacial score (nSPS) is 13.6.